The van der Waals surface area contributed by atoms with Crippen molar-refractivity contribution < 1.29 is 0 Å². The molecule has 2 atom stereocenters. The molecule has 0 aromatic heterocycles. The van der Waals surface area contributed by atoms with Crippen molar-refractivity contribution in [3.05, 3.63) is 35.4 Å². The van der Waals surface area contributed by atoms with Crippen LogP contribution in [0.4, 0.5) is 0 Å². The van der Waals surface area contributed by atoms with E-state index in [4.69, 9.17) is 5.84 Å². The number of hydrogen-bond acceptors (Lipinski definition) is 4. The zero-order valence-corrected chi connectivity index (χ0v) is 12.3. The average molecular weight is 262 g/mol. The van der Waals surface area contributed by atoms with Crippen molar-refractivity contribution in [2.45, 2.75) is 25.4 Å². The van der Waals surface area contributed by atoms with Crippen LogP contribution in [-0.2, 0) is 0 Å². The van der Waals surface area contributed by atoms with Gasteiger partial charge in [-0.3, -0.25) is 11.3 Å². The maximum Gasteiger partial charge on any atom is 0.0630 e. The van der Waals surface area contributed by atoms with Crippen molar-refractivity contribution >= 4 is 0 Å². The van der Waals surface area contributed by atoms with Crippen LogP contribution in [0.5, 0.6) is 0 Å². The first-order chi connectivity index (χ1) is 9.13. The van der Waals surface area contributed by atoms with E-state index in [9.17, 15) is 0 Å². The fourth-order valence-corrected chi connectivity index (χ4v) is 3.01. The number of hydrazine groups is 1. The number of hydrogen-bond donors (Lipinski definition) is 2. The first-order valence-electron chi connectivity index (χ1n) is 7.04. The lowest BCUT2D eigenvalue weighted by Crippen LogP contribution is -2.49. The molecule has 0 amide bonds. The Bertz CT molecular complexity index is 407. The molecular formula is C15H26N4. The van der Waals surface area contributed by atoms with Gasteiger partial charge in [0.25, 0.3) is 0 Å². The maximum absolute atomic E-state index is 5.87. The van der Waals surface area contributed by atoms with Crippen LogP contribution in [0.3, 0.4) is 0 Å². The van der Waals surface area contributed by atoms with Crippen LogP contribution in [0.15, 0.2) is 24.3 Å². The summed E-state index contributed by atoms with van der Waals surface area (Å²) in [5.41, 5.74) is 5.64. The predicted octanol–water partition coefficient (Wildman–Crippen LogP) is 1.14. The summed E-state index contributed by atoms with van der Waals surface area (Å²) >= 11 is 0. The number of nitrogens with two attached hydrogens (primary N) is 1. The smallest absolute Gasteiger partial charge is 0.0630 e. The molecule has 1 heterocycles. The van der Waals surface area contributed by atoms with Crippen LogP contribution >= 0.6 is 0 Å². The molecule has 106 valence electrons. The standard InChI is InChI=1S/C15H26N4/c1-12-7-4-5-8-13(12)15(17-16)14-11-18(2)9-6-10-19(14)3/h4-5,7-8,14-15,17H,6,9-11,16H2,1-3H3. The molecule has 2 unspecified atom stereocenters. The van der Waals surface area contributed by atoms with E-state index in [1.165, 1.54) is 17.5 Å². The topological polar surface area (TPSA) is 44.5 Å². The molecule has 1 fully saturated rings. The second-order valence-corrected chi connectivity index (χ2v) is 5.66. The van der Waals surface area contributed by atoms with Crippen molar-refractivity contribution in [1.82, 2.24) is 15.2 Å². The molecule has 0 bridgehead atoms. The molecule has 0 radical (unpaired) electrons. The van der Waals surface area contributed by atoms with Gasteiger partial charge in [0.05, 0.1) is 6.04 Å². The van der Waals surface area contributed by atoms with Crippen LogP contribution in [0.2, 0.25) is 0 Å². The monoisotopic (exact) mass is 262 g/mol. The molecule has 4 nitrogen and oxygen atoms in total. The van der Waals surface area contributed by atoms with Crippen molar-refractivity contribution in [2.24, 2.45) is 5.84 Å². The quantitative estimate of drug-likeness (QED) is 0.633. The predicted molar refractivity (Wildman–Crippen MR) is 79.8 cm³/mol. The highest BCUT2D eigenvalue weighted by Crippen LogP contribution is 2.24. The third-order valence-corrected chi connectivity index (χ3v) is 4.20. The normalized spacial score (nSPS) is 24.1. The van der Waals surface area contributed by atoms with Gasteiger partial charge >= 0.3 is 0 Å². The Morgan fingerprint density at radius 2 is 2.00 bits per heavy atom. The van der Waals surface area contributed by atoms with Crippen LogP contribution in [0.25, 0.3) is 0 Å². The fraction of sp³-hybridized carbons (Fsp3) is 0.600. The summed E-state index contributed by atoms with van der Waals surface area (Å²) < 4.78 is 0. The summed E-state index contributed by atoms with van der Waals surface area (Å²) in [6.07, 6.45) is 1.22. The van der Waals surface area contributed by atoms with Crippen LogP contribution < -0.4 is 11.3 Å². The SMILES string of the molecule is Cc1ccccc1C(NN)C1CN(C)CCCN1C. The average Bonchev–Trinajstić information content (AvgIpc) is 2.55. The summed E-state index contributed by atoms with van der Waals surface area (Å²) in [6, 6.07) is 9.08. The molecule has 4 heteroatoms. The third-order valence-electron chi connectivity index (χ3n) is 4.20. The van der Waals surface area contributed by atoms with Crippen molar-refractivity contribution in [3.63, 3.8) is 0 Å². The molecule has 0 aliphatic carbocycles. The highest BCUT2D eigenvalue weighted by Gasteiger charge is 2.29. The van der Waals surface area contributed by atoms with Crippen molar-refractivity contribution in [2.75, 3.05) is 33.7 Å². The Morgan fingerprint density at radius 1 is 1.26 bits per heavy atom. The van der Waals surface area contributed by atoms with E-state index in [0.29, 0.717) is 6.04 Å². The fourth-order valence-electron chi connectivity index (χ4n) is 3.01. The first kappa shape index (κ1) is 14.5. The van der Waals surface area contributed by atoms with Gasteiger partial charge in [0.2, 0.25) is 0 Å². The van der Waals surface area contributed by atoms with E-state index in [1.807, 2.05) is 0 Å². The van der Waals surface area contributed by atoms with Gasteiger partial charge in [0.1, 0.15) is 0 Å². The summed E-state index contributed by atoms with van der Waals surface area (Å²) in [6.45, 7) is 5.48. The van der Waals surface area contributed by atoms with E-state index >= 15 is 0 Å². The molecule has 1 aliphatic rings. The molecule has 1 aromatic carbocycles. The Labute approximate surface area is 116 Å². The van der Waals surface area contributed by atoms with E-state index in [2.05, 4.69) is 60.5 Å². The molecular weight excluding hydrogens is 236 g/mol. The molecule has 1 aliphatic heterocycles. The lowest BCUT2D eigenvalue weighted by Gasteiger charge is -2.35. The zero-order valence-electron chi connectivity index (χ0n) is 12.3. The molecule has 19 heavy (non-hydrogen) atoms. The number of nitrogens with one attached hydrogen (secondary N) is 1. The summed E-state index contributed by atoms with van der Waals surface area (Å²) in [4.78, 5) is 4.83. The van der Waals surface area contributed by atoms with Gasteiger partial charge in [-0.2, -0.15) is 0 Å². The van der Waals surface area contributed by atoms with Gasteiger partial charge in [0.15, 0.2) is 0 Å². The number of benzene rings is 1. The zero-order chi connectivity index (χ0) is 13.8. The Hall–Kier alpha value is -0.940. The van der Waals surface area contributed by atoms with Crippen molar-refractivity contribution in [1.29, 1.82) is 0 Å². The maximum atomic E-state index is 5.87. The second-order valence-electron chi connectivity index (χ2n) is 5.66. The highest BCUT2D eigenvalue weighted by molar-refractivity contribution is 5.30. The number of nitrogens with zero attached hydrogens (tertiary/aromatic N) is 2. The molecule has 0 spiro atoms. The minimum Gasteiger partial charge on any atom is -0.305 e. The Balaban J connectivity index is 2.27. The summed E-state index contributed by atoms with van der Waals surface area (Å²) in [5.74, 6) is 5.87. The number of rotatable bonds is 3. The molecule has 1 saturated heterocycles. The van der Waals surface area contributed by atoms with Gasteiger partial charge in [-0.25, -0.2) is 0 Å². The Morgan fingerprint density at radius 3 is 2.68 bits per heavy atom. The molecule has 0 saturated carbocycles. The van der Waals surface area contributed by atoms with E-state index in [1.54, 1.807) is 0 Å². The van der Waals surface area contributed by atoms with Crippen LogP contribution in [0.1, 0.15) is 23.6 Å². The van der Waals surface area contributed by atoms with E-state index in [0.717, 1.165) is 19.6 Å². The lowest BCUT2D eigenvalue weighted by atomic mass is 9.95. The van der Waals surface area contributed by atoms with Gasteiger partial charge in [-0.1, -0.05) is 24.3 Å². The third kappa shape index (κ3) is 3.34. The van der Waals surface area contributed by atoms with Gasteiger partial charge in [-0.15, -0.1) is 0 Å². The first-order valence-corrected chi connectivity index (χ1v) is 7.04. The minimum absolute atomic E-state index is 0.173. The Kier molecular flexibility index (Phi) is 4.93. The van der Waals surface area contributed by atoms with Gasteiger partial charge in [0, 0.05) is 12.6 Å². The molecule has 1 aromatic rings. The highest BCUT2D eigenvalue weighted by atomic mass is 15.3. The van der Waals surface area contributed by atoms with Gasteiger partial charge in [-0.05, 0) is 51.7 Å². The summed E-state index contributed by atoms with van der Waals surface area (Å²) in [5, 5.41) is 0. The van der Waals surface area contributed by atoms with Gasteiger partial charge < -0.3 is 9.80 Å². The molecule has 2 rings (SSSR count). The summed E-state index contributed by atoms with van der Waals surface area (Å²) in [7, 11) is 4.39. The second kappa shape index (κ2) is 6.48. The lowest BCUT2D eigenvalue weighted by molar-refractivity contribution is 0.178. The van der Waals surface area contributed by atoms with E-state index in [-0.39, 0.29) is 6.04 Å². The largest absolute Gasteiger partial charge is 0.305 e. The van der Waals surface area contributed by atoms with Crippen molar-refractivity contribution in [3.8, 4) is 0 Å². The van der Waals surface area contributed by atoms with Crippen LogP contribution in [0, 0.1) is 6.92 Å². The number of likely N-dealkylation sites (N-methyl/N-ethyl adjacent to an activating group) is 2. The molecule has 3 N–H and O–H groups in total. The number of aryl methyl sites for hydroxylation is 1. The van der Waals surface area contributed by atoms with Crippen LogP contribution in [-0.4, -0.2) is 49.6 Å². The minimum atomic E-state index is 0.173. The van der Waals surface area contributed by atoms with E-state index < -0.39 is 0 Å².